The lowest BCUT2D eigenvalue weighted by atomic mass is 10.2. The van der Waals surface area contributed by atoms with Gasteiger partial charge in [-0.1, -0.05) is 47.5 Å². The van der Waals surface area contributed by atoms with E-state index in [0.717, 1.165) is 11.1 Å². The van der Waals surface area contributed by atoms with E-state index in [1.54, 1.807) is 29.4 Å². The molecule has 0 saturated carbocycles. The summed E-state index contributed by atoms with van der Waals surface area (Å²) in [6.45, 7) is 0.978. The van der Waals surface area contributed by atoms with Gasteiger partial charge < -0.3 is 14.9 Å². The zero-order chi connectivity index (χ0) is 20.7. The molecule has 0 atom stereocenters. The van der Waals surface area contributed by atoms with Gasteiger partial charge in [-0.3, -0.25) is 4.57 Å². The number of imidazole rings is 2. The molecule has 4 aromatic rings. The molecule has 0 bridgehead atoms. The van der Waals surface area contributed by atoms with E-state index in [9.17, 15) is 4.79 Å². The summed E-state index contributed by atoms with van der Waals surface area (Å²) in [5.74, 6) is 1.28. The molecular formula is C21H16Cl2N6O. The summed E-state index contributed by atoms with van der Waals surface area (Å²) in [5, 5.41) is 4.46. The molecule has 0 aliphatic carbocycles. The van der Waals surface area contributed by atoms with E-state index in [1.165, 1.54) is 0 Å². The molecule has 5 rings (SSSR count). The third kappa shape index (κ3) is 3.42. The fourth-order valence-corrected chi connectivity index (χ4v) is 3.71. The number of H-pyrrole nitrogens is 1. The largest absolute Gasteiger partial charge is 0.330 e. The van der Waals surface area contributed by atoms with Crippen molar-refractivity contribution in [1.82, 2.24) is 19.1 Å². The first-order chi connectivity index (χ1) is 14.6. The Morgan fingerprint density at radius 2 is 1.53 bits per heavy atom. The lowest BCUT2D eigenvalue weighted by Crippen LogP contribution is -2.19. The normalized spacial score (nSPS) is 12.2. The number of anilines is 1. The highest BCUT2D eigenvalue weighted by molar-refractivity contribution is 6.30. The monoisotopic (exact) mass is 438 g/mol. The number of aliphatic imine (C=N–C) groups is 1. The molecule has 2 aromatic heterocycles. The zero-order valence-electron chi connectivity index (χ0n) is 15.6. The van der Waals surface area contributed by atoms with Crippen molar-refractivity contribution in [3.63, 3.8) is 0 Å². The lowest BCUT2D eigenvalue weighted by molar-refractivity contribution is 0.771. The van der Waals surface area contributed by atoms with E-state index < -0.39 is 0 Å². The maximum absolute atomic E-state index is 12.7. The van der Waals surface area contributed by atoms with Gasteiger partial charge in [-0.05, 0) is 35.4 Å². The third-order valence-corrected chi connectivity index (χ3v) is 5.44. The molecule has 2 aromatic carbocycles. The van der Waals surface area contributed by atoms with Crippen molar-refractivity contribution in [2.24, 2.45) is 4.99 Å². The molecule has 30 heavy (non-hydrogen) atoms. The van der Waals surface area contributed by atoms with Crippen molar-refractivity contribution in [3.8, 4) is 11.4 Å². The molecule has 0 fully saturated rings. The predicted octanol–water partition coefficient (Wildman–Crippen LogP) is 4.53. The summed E-state index contributed by atoms with van der Waals surface area (Å²) in [6.07, 6.45) is 3.30. The fourth-order valence-electron chi connectivity index (χ4n) is 3.46. The second-order valence-electron chi connectivity index (χ2n) is 6.94. The Kier molecular flexibility index (Phi) is 4.69. The second-order valence-corrected chi connectivity index (χ2v) is 7.81. The molecule has 1 aliphatic heterocycles. The molecule has 0 spiro atoms. The Hall–Kier alpha value is -3.29. The van der Waals surface area contributed by atoms with Gasteiger partial charge in [-0.2, -0.15) is 0 Å². The van der Waals surface area contributed by atoms with Crippen LogP contribution < -0.4 is 11.0 Å². The minimum Gasteiger partial charge on any atom is -0.330 e. The summed E-state index contributed by atoms with van der Waals surface area (Å²) >= 11 is 11.9. The number of halogens is 2. The second kappa shape index (κ2) is 7.51. The Bertz CT molecular complexity index is 1300. The smallest absolute Gasteiger partial charge is 0.327 e. The topological polar surface area (TPSA) is 80.0 Å². The van der Waals surface area contributed by atoms with Crippen LogP contribution in [-0.4, -0.2) is 25.4 Å². The van der Waals surface area contributed by atoms with Crippen LogP contribution in [0.3, 0.4) is 0 Å². The molecule has 7 nitrogen and oxygen atoms in total. The summed E-state index contributed by atoms with van der Waals surface area (Å²) in [7, 11) is 0. The average Bonchev–Trinajstić information content (AvgIpc) is 3.21. The summed E-state index contributed by atoms with van der Waals surface area (Å²) in [6, 6.07) is 15.0. The summed E-state index contributed by atoms with van der Waals surface area (Å²) in [4.78, 5) is 24.7. The standard InChI is InChI=1S/C21H16Cl2N6O/c22-15-5-1-13(2-6-15)9-28-12-26-17-18-20(25-11-24-19(17)28)29(21(30)27-18)10-14-3-7-16(23)8-4-14/h1-8,11-12H,9-10H2,(H,24,25)(H,27,30). The van der Waals surface area contributed by atoms with Gasteiger partial charge in [0.1, 0.15) is 17.2 Å². The van der Waals surface area contributed by atoms with Crippen molar-refractivity contribution in [1.29, 1.82) is 0 Å². The maximum Gasteiger partial charge on any atom is 0.327 e. The van der Waals surface area contributed by atoms with E-state index in [-0.39, 0.29) is 5.69 Å². The summed E-state index contributed by atoms with van der Waals surface area (Å²) in [5.41, 5.74) is 3.03. The van der Waals surface area contributed by atoms with Crippen molar-refractivity contribution in [2.75, 3.05) is 5.32 Å². The molecule has 3 heterocycles. The van der Waals surface area contributed by atoms with Gasteiger partial charge >= 0.3 is 5.69 Å². The van der Waals surface area contributed by atoms with Crippen LogP contribution in [-0.2, 0) is 13.1 Å². The Balaban J connectivity index is 1.52. The number of aromatic amines is 1. The lowest BCUT2D eigenvalue weighted by Gasteiger charge is -2.07. The molecular weight excluding hydrogens is 423 g/mol. The van der Waals surface area contributed by atoms with Gasteiger partial charge in [-0.15, -0.1) is 0 Å². The summed E-state index contributed by atoms with van der Waals surface area (Å²) < 4.78 is 3.55. The van der Waals surface area contributed by atoms with Crippen LogP contribution in [0.25, 0.3) is 11.4 Å². The zero-order valence-corrected chi connectivity index (χ0v) is 17.2. The third-order valence-electron chi connectivity index (χ3n) is 4.94. The number of benzene rings is 2. The highest BCUT2D eigenvalue weighted by Gasteiger charge is 2.23. The highest BCUT2D eigenvalue weighted by Crippen LogP contribution is 2.34. The number of hydrogen-bond acceptors (Lipinski definition) is 4. The minimum atomic E-state index is -0.226. The molecule has 0 radical (unpaired) electrons. The molecule has 9 heteroatoms. The van der Waals surface area contributed by atoms with Crippen LogP contribution in [0, 0.1) is 0 Å². The molecule has 0 saturated heterocycles. The first kappa shape index (κ1) is 18.7. The maximum atomic E-state index is 12.7. The number of aromatic nitrogens is 4. The van der Waals surface area contributed by atoms with Crippen LogP contribution in [0.15, 0.2) is 64.6 Å². The van der Waals surface area contributed by atoms with Gasteiger partial charge in [0.25, 0.3) is 0 Å². The van der Waals surface area contributed by atoms with Gasteiger partial charge in [0.2, 0.25) is 0 Å². The van der Waals surface area contributed by atoms with Crippen molar-refractivity contribution in [2.45, 2.75) is 13.1 Å². The van der Waals surface area contributed by atoms with Crippen molar-refractivity contribution >= 4 is 41.2 Å². The van der Waals surface area contributed by atoms with Gasteiger partial charge in [0, 0.05) is 10.0 Å². The van der Waals surface area contributed by atoms with E-state index in [1.807, 2.05) is 41.0 Å². The van der Waals surface area contributed by atoms with Crippen LogP contribution >= 0.6 is 23.2 Å². The average molecular weight is 439 g/mol. The Morgan fingerprint density at radius 3 is 2.20 bits per heavy atom. The number of rotatable bonds is 4. The fraction of sp³-hybridized carbons (Fsp3) is 0.0952. The number of hydrogen-bond donors (Lipinski definition) is 2. The molecule has 0 amide bonds. The van der Waals surface area contributed by atoms with Crippen molar-refractivity contribution in [3.05, 3.63) is 86.5 Å². The number of fused-ring (bicyclic) bond motifs is 3. The minimum absolute atomic E-state index is 0.226. The Morgan fingerprint density at radius 1 is 0.900 bits per heavy atom. The quantitative estimate of drug-likeness (QED) is 0.491. The van der Waals surface area contributed by atoms with Gasteiger partial charge in [0.05, 0.1) is 25.8 Å². The molecule has 0 unspecified atom stereocenters. The first-order valence-corrected chi connectivity index (χ1v) is 10.0. The van der Waals surface area contributed by atoms with Crippen LogP contribution in [0.5, 0.6) is 0 Å². The van der Waals surface area contributed by atoms with E-state index in [0.29, 0.717) is 46.2 Å². The van der Waals surface area contributed by atoms with Crippen molar-refractivity contribution < 1.29 is 0 Å². The number of nitrogens with one attached hydrogen (secondary N) is 2. The van der Waals surface area contributed by atoms with Crippen LogP contribution in [0.2, 0.25) is 10.0 Å². The molecule has 1 aliphatic rings. The molecule has 150 valence electrons. The van der Waals surface area contributed by atoms with E-state index in [2.05, 4.69) is 20.3 Å². The Labute approximate surface area is 181 Å². The predicted molar refractivity (Wildman–Crippen MR) is 119 cm³/mol. The van der Waals surface area contributed by atoms with Crippen LogP contribution in [0.4, 0.5) is 11.6 Å². The van der Waals surface area contributed by atoms with Crippen LogP contribution in [0.1, 0.15) is 11.1 Å². The van der Waals surface area contributed by atoms with Gasteiger partial charge in [0.15, 0.2) is 5.82 Å². The SMILES string of the molecule is O=c1[nH]c2c(n1Cc1ccc(Cl)cc1)NC=Nc1c-2ncn1Cc1ccc(Cl)cc1. The highest BCUT2D eigenvalue weighted by atomic mass is 35.5. The number of nitrogens with zero attached hydrogens (tertiary/aromatic N) is 4. The van der Waals surface area contributed by atoms with E-state index >= 15 is 0 Å². The first-order valence-electron chi connectivity index (χ1n) is 9.25. The molecule has 2 N–H and O–H groups in total. The van der Waals surface area contributed by atoms with Gasteiger partial charge in [-0.25, -0.2) is 14.8 Å². The van der Waals surface area contributed by atoms with E-state index in [4.69, 9.17) is 23.2 Å².